The van der Waals surface area contributed by atoms with Gasteiger partial charge in [-0.3, -0.25) is 9.78 Å². The molecule has 0 saturated carbocycles. The highest BCUT2D eigenvalue weighted by Crippen LogP contribution is 2.23. The molecule has 3 heterocycles. The van der Waals surface area contributed by atoms with E-state index in [1.807, 2.05) is 17.5 Å². The number of hydrogen-bond donors (Lipinski definition) is 1. The van der Waals surface area contributed by atoms with E-state index in [0.29, 0.717) is 21.7 Å². The van der Waals surface area contributed by atoms with Crippen molar-refractivity contribution in [1.82, 2.24) is 15.0 Å². The van der Waals surface area contributed by atoms with Gasteiger partial charge in [-0.05, 0) is 29.7 Å². The molecule has 0 aliphatic heterocycles. The van der Waals surface area contributed by atoms with E-state index >= 15 is 0 Å². The molecule has 0 radical (unpaired) electrons. The lowest BCUT2D eigenvalue weighted by Gasteiger charge is -1.97. The second-order valence-electron chi connectivity index (χ2n) is 3.81. The first-order valence-electron chi connectivity index (χ1n) is 5.49. The normalized spacial score (nSPS) is 11.4. The van der Waals surface area contributed by atoms with Crippen LogP contribution in [0.15, 0.2) is 34.7 Å². The van der Waals surface area contributed by atoms with Crippen molar-refractivity contribution >= 4 is 46.0 Å². The first-order valence-corrected chi connectivity index (χ1v) is 6.75. The molecule has 0 unspecified atom stereocenters. The number of H-pyrrole nitrogens is 1. The average Bonchev–Trinajstić information content (AvgIpc) is 2.82. The number of thiophene rings is 1. The highest BCUT2D eigenvalue weighted by molar-refractivity contribution is 7.11. The molecule has 0 fully saturated rings. The monoisotopic (exact) mass is 289 g/mol. The molecular weight excluding hydrogens is 282 g/mol. The Hall–Kier alpha value is -1.98. The Labute approximate surface area is 117 Å². The number of aromatic nitrogens is 3. The standard InChI is InChI=1S/C13H8ClN3OS/c14-9-4-6-19-11(9)1-2-12-16-10-7-15-5-3-8(10)13(18)17-12/h1-7H,(H,16,17,18)/b2-1+. The van der Waals surface area contributed by atoms with Crippen LogP contribution in [0.5, 0.6) is 0 Å². The van der Waals surface area contributed by atoms with Crippen LogP contribution in [0.1, 0.15) is 10.7 Å². The number of aromatic amines is 1. The molecular formula is C13H8ClN3OS. The molecule has 4 nitrogen and oxygen atoms in total. The minimum atomic E-state index is -0.177. The molecule has 94 valence electrons. The summed E-state index contributed by atoms with van der Waals surface area (Å²) in [7, 11) is 0. The molecule has 1 N–H and O–H groups in total. The van der Waals surface area contributed by atoms with Crippen LogP contribution in [-0.4, -0.2) is 15.0 Å². The Kier molecular flexibility index (Phi) is 3.15. The van der Waals surface area contributed by atoms with Gasteiger partial charge >= 0.3 is 0 Å². The van der Waals surface area contributed by atoms with Gasteiger partial charge in [-0.15, -0.1) is 11.3 Å². The smallest absolute Gasteiger partial charge is 0.259 e. The number of hydrogen-bond acceptors (Lipinski definition) is 4. The second kappa shape index (κ2) is 4.95. The Morgan fingerprint density at radius 2 is 2.21 bits per heavy atom. The fourth-order valence-electron chi connectivity index (χ4n) is 1.67. The van der Waals surface area contributed by atoms with Crippen molar-refractivity contribution in [3.8, 4) is 0 Å². The van der Waals surface area contributed by atoms with E-state index in [4.69, 9.17) is 11.6 Å². The molecule has 3 aromatic heterocycles. The molecule has 6 heteroatoms. The molecule has 3 aromatic rings. The van der Waals surface area contributed by atoms with E-state index in [1.54, 1.807) is 24.5 Å². The number of pyridine rings is 1. The van der Waals surface area contributed by atoms with Crippen LogP contribution in [-0.2, 0) is 0 Å². The summed E-state index contributed by atoms with van der Waals surface area (Å²) in [5, 5.41) is 3.12. The van der Waals surface area contributed by atoms with E-state index in [-0.39, 0.29) is 5.56 Å². The maximum atomic E-state index is 11.8. The Morgan fingerprint density at radius 3 is 3.00 bits per heavy atom. The molecule has 0 aliphatic carbocycles. The zero-order chi connectivity index (χ0) is 13.2. The summed E-state index contributed by atoms with van der Waals surface area (Å²) in [6.45, 7) is 0. The van der Waals surface area contributed by atoms with Crippen LogP contribution in [0.3, 0.4) is 0 Å². The summed E-state index contributed by atoms with van der Waals surface area (Å²) in [5.74, 6) is 0.481. The van der Waals surface area contributed by atoms with Gasteiger partial charge in [0.25, 0.3) is 5.56 Å². The molecule has 19 heavy (non-hydrogen) atoms. The zero-order valence-corrected chi connectivity index (χ0v) is 11.2. The molecule has 3 rings (SSSR count). The lowest BCUT2D eigenvalue weighted by Crippen LogP contribution is -2.09. The molecule has 0 aliphatic rings. The average molecular weight is 290 g/mol. The van der Waals surface area contributed by atoms with Crippen LogP contribution in [0.4, 0.5) is 0 Å². The first-order chi connectivity index (χ1) is 9.24. The van der Waals surface area contributed by atoms with Crippen LogP contribution in [0.25, 0.3) is 23.1 Å². The predicted octanol–water partition coefficient (Wildman–Crippen LogP) is 3.20. The topological polar surface area (TPSA) is 58.6 Å². The maximum absolute atomic E-state index is 11.8. The number of nitrogens with one attached hydrogen (secondary N) is 1. The fourth-order valence-corrected chi connectivity index (χ4v) is 2.68. The Bertz CT molecular complexity index is 822. The van der Waals surface area contributed by atoms with Gasteiger partial charge in [-0.25, -0.2) is 4.98 Å². The van der Waals surface area contributed by atoms with Gasteiger partial charge in [0.15, 0.2) is 0 Å². The van der Waals surface area contributed by atoms with Gasteiger partial charge in [-0.1, -0.05) is 11.6 Å². The Morgan fingerprint density at radius 1 is 1.32 bits per heavy atom. The van der Waals surface area contributed by atoms with Crippen LogP contribution >= 0.6 is 22.9 Å². The summed E-state index contributed by atoms with van der Waals surface area (Å²) in [5.41, 5.74) is 0.396. The van der Waals surface area contributed by atoms with Crippen molar-refractivity contribution in [2.75, 3.05) is 0 Å². The molecule has 0 saturated heterocycles. The predicted molar refractivity (Wildman–Crippen MR) is 78.4 cm³/mol. The maximum Gasteiger partial charge on any atom is 0.259 e. The van der Waals surface area contributed by atoms with E-state index in [0.717, 1.165) is 4.88 Å². The summed E-state index contributed by atoms with van der Waals surface area (Å²) in [4.78, 5) is 23.8. The third-order valence-electron chi connectivity index (χ3n) is 2.56. The van der Waals surface area contributed by atoms with E-state index in [2.05, 4.69) is 15.0 Å². The largest absolute Gasteiger partial charge is 0.306 e. The van der Waals surface area contributed by atoms with Crippen molar-refractivity contribution in [1.29, 1.82) is 0 Å². The molecule has 0 spiro atoms. The second-order valence-corrected chi connectivity index (χ2v) is 5.17. The highest BCUT2D eigenvalue weighted by Gasteiger charge is 2.02. The number of nitrogens with zero attached hydrogens (tertiary/aromatic N) is 2. The first kappa shape index (κ1) is 12.1. The molecule has 0 atom stereocenters. The van der Waals surface area contributed by atoms with Gasteiger partial charge in [0.2, 0.25) is 0 Å². The van der Waals surface area contributed by atoms with E-state index < -0.39 is 0 Å². The minimum Gasteiger partial charge on any atom is -0.306 e. The molecule has 0 bridgehead atoms. The van der Waals surface area contributed by atoms with Crippen molar-refractivity contribution < 1.29 is 0 Å². The molecule has 0 amide bonds. The van der Waals surface area contributed by atoms with Gasteiger partial charge in [0.05, 0.1) is 22.1 Å². The number of rotatable bonds is 2. The summed E-state index contributed by atoms with van der Waals surface area (Å²) in [6.07, 6.45) is 6.69. The number of fused-ring (bicyclic) bond motifs is 1. The van der Waals surface area contributed by atoms with Crippen LogP contribution in [0, 0.1) is 0 Å². The van der Waals surface area contributed by atoms with Crippen molar-refractivity contribution in [3.63, 3.8) is 0 Å². The quantitative estimate of drug-likeness (QED) is 0.788. The van der Waals surface area contributed by atoms with Crippen molar-refractivity contribution in [2.24, 2.45) is 0 Å². The molecule has 0 aromatic carbocycles. The lowest BCUT2D eigenvalue weighted by atomic mass is 10.3. The Balaban J connectivity index is 2.05. The summed E-state index contributed by atoms with van der Waals surface area (Å²) >= 11 is 7.51. The van der Waals surface area contributed by atoms with Crippen LogP contribution in [0.2, 0.25) is 5.02 Å². The highest BCUT2D eigenvalue weighted by atomic mass is 35.5. The lowest BCUT2D eigenvalue weighted by molar-refractivity contribution is 1.13. The summed E-state index contributed by atoms with van der Waals surface area (Å²) in [6, 6.07) is 3.47. The van der Waals surface area contributed by atoms with Gasteiger partial charge < -0.3 is 4.98 Å². The van der Waals surface area contributed by atoms with Crippen molar-refractivity contribution in [3.05, 3.63) is 56.0 Å². The number of halogens is 1. The van der Waals surface area contributed by atoms with Gasteiger partial charge in [0.1, 0.15) is 5.82 Å². The third-order valence-corrected chi connectivity index (χ3v) is 3.89. The summed E-state index contributed by atoms with van der Waals surface area (Å²) < 4.78 is 0. The van der Waals surface area contributed by atoms with E-state index in [9.17, 15) is 4.79 Å². The van der Waals surface area contributed by atoms with Gasteiger partial charge in [-0.2, -0.15) is 0 Å². The van der Waals surface area contributed by atoms with Gasteiger partial charge in [0, 0.05) is 11.1 Å². The fraction of sp³-hybridized carbons (Fsp3) is 0. The third kappa shape index (κ3) is 2.43. The van der Waals surface area contributed by atoms with Crippen LogP contribution < -0.4 is 5.56 Å². The van der Waals surface area contributed by atoms with Crippen molar-refractivity contribution in [2.45, 2.75) is 0 Å². The zero-order valence-electron chi connectivity index (χ0n) is 9.63. The minimum absolute atomic E-state index is 0.177. The van der Waals surface area contributed by atoms with E-state index in [1.165, 1.54) is 11.3 Å². The SMILES string of the molecule is O=c1[nH]c(/C=C/c2sccc2Cl)nc2cnccc12.